The van der Waals surface area contributed by atoms with Gasteiger partial charge in [0.2, 0.25) is 0 Å². The number of aliphatic imine (C=N–C) groups is 4. The van der Waals surface area contributed by atoms with Crippen molar-refractivity contribution in [3.05, 3.63) is 4.91 Å². The number of carbonyl (C=O) groups excluding carboxylic acids is 1. The SMILES string of the molecule is CN(N=O)C(=O)NCCSC1=NC=NC2=NC=NC21. The minimum atomic E-state index is -0.538. The van der Waals surface area contributed by atoms with Gasteiger partial charge in [-0.1, -0.05) is 0 Å². The van der Waals surface area contributed by atoms with E-state index >= 15 is 0 Å². The summed E-state index contributed by atoms with van der Waals surface area (Å²) >= 11 is 1.46. The maximum atomic E-state index is 11.2. The number of rotatable bonds is 4. The van der Waals surface area contributed by atoms with Gasteiger partial charge in [-0.25, -0.2) is 19.8 Å². The summed E-state index contributed by atoms with van der Waals surface area (Å²) in [5.74, 6) is 1.23. The maximum absolute atomic E-state index is 11.2. The molecule has 2 rings (SSSR count). The zero-order chi connectivity index (χ0) is 13.7. The molecular formula is C9H11N7O2S. The summed E-state index contributed by atoms with van der Waals surface area (Å²) in [5, 5.41) is 6.52. The third-order valence-corrected chi connectivity index (χ3v) is 3.34. The number of amides is 2. The topological polar surface area (TPSA) is 111 Å². The summed E-state index contributed by atoms with van der Waals surface area (Å²) in [6.45, 7) is 0.391. The van der Waals surface area contributed by atoms with Crippen molar-refractivity contribution >= 4 is 41.3 Å². The molecule has 9 nitrogen and oxygen atoms in total. The van der Waals surface area contributed by atoms with Crippen molar-refractivity contribution in [3.8, 4) is 0 Å². The number of nitroso groups, excluding NO2 is 1. The lowest BCUT2D eigenvalue weighted by Gasteiger charge is -2.14. The standard InChI is InChI=1S/C9H11N7O2S/c1-16(15-18)9(17)10-2-3-19-8-6-7(12-4-11-6)13-5-14-8/h4-6H,2-3H2,1H3,(H,10,17). The predicted molar refractivity (Wildman–Crippen MR) is 75.1 cm³/mol. The number of fused-ring (bicyclic) bond motifs is 1. The van der Waals surface area contributed by atoms with Gasteiger partial charge in [0.25, 0.3) is 0 Å². The Hall–Kier alpha value is -2.10. The van der Waals surface area contributed by atoms with Gasteiger partial charge in [-0.05, 0) is 0 Å². The fraction of sp³-hybridized carbons (Fsp3) is 0.444. The highest BCUT2D eigenvalue weighted by molar-refractivity contribution is 8.14. The molecule has 2 heterocycles. The van der Waals surface area contributed by atoms with Crippen molar-refractivity contribution in [1.82, 2.24) is 10.3 Å². The van der Waals surface area contributed by atoms with E-state index in [1.165, 1.54) is 31.5 Å². The van der Waals surface area contributed by atoms with Crippen molar-refractivity contribution in [2.24, 2.45) is 25.3 Å². The first-order valence-electron chi connectivity index (χ1n) is 5.39. The van der Waals surface area contributed by atoms with E-state index in [1.807, 2.05) is 0 Å². The van der Waals surface area contributed by atoms with Crippen LogP contribution < -0.4 is 5.32 Å². The van der Waals surface area contributed by atoms with Crippen LogP contribution in [0.15, 0.2) is 25.3 Å². The number of hydrogen-bond acceptors (Lipinski definition) is 8. The van der Waals surface area contributed by atoms with E-state index < -0.39 is 6.03 Å². The van der Waals surface area contributed by atoms with Crippen LogP contribution in [0.3, 0.4) is 0 Å². The van der Waals surface area contributed by atoms with Crippen molar-refractivity contribution < 1.29 is 4.79 Å². The van der Waals surface area contributed by atoms with Gasteiger partial charge in [0, 0.05) is 19.3 Å². The van der Waals surface area contributed by atoms with E-state index in [-0.39, 0.29) is 6.04 Å². The second-order valence-electron chi connectivity index (χ2n) is 3.55. The van der Waals surface area contributed by atoms with Crippen molar-refractivity contribution in [2.45, 2.75) is 6.04 Å². The minimum absolute atomic E-state index is 0.218. The van der Waals surface area contributed by atoms with Gasteiger partial charge in [0.1, 0.15) is 17.7 Å². The molecule has 0 saturated carbocycles. The lowest BCUT2D eigenvalue weighted by atomic mass is 10.3. The second-order valence-corrected chi connectivity index (χ2v) is 4.67. The van der Waals surface area contributed by atoms with E-state index in [1.54, 1.807) is 0 Å². The van der Waals surface area contributed by atoms with Crippen LogP contribution in [0.4, 0.5) is 4.79 Å². The molecule has 0 spiro atoms. The smallest absolute Gasteiger partial charge is 0.336 e. The van der Waals surface area contributed by atoms with E-state index in [9.17, 15) is 9.70 Å². The summed E-state index contributed by atoms with van der Waals surface area (Å²) in [7, 11) is 1.28. The van der Waals surface area contributed by atoms with Gasteiger partial charge in [-0.2, -0.15) is 5.01 Å². The molecule has 0 bridgehead atoms. The summed E-state index contributed by atoms with van der Waals surface area (Å²) in [4.78, 5) is 37.6. The second kappa shape index (κ2) is 6.18. The summed E-state index contributed by atoms with van der Waals surface area (Å²) in [6, 6.07) is -0.756. The monoisotopic (exact) mass is 281 g/mol. The molecule has 2 amide bonds. The molecular weight excluding hydrogens is 270 g/mol. The third kappa shape index (κ3) is 3.22. The van der Waals surface area contributed by atoms with Gasteiger partial charge >= 0.3 is 6.03 Å². The molecule has 0 aromatic rings. The predicted octanol–water partition coefficient (Wildman–Crippen LogP) is 0.292. The van der Waals surface area contributed by atoms with Crippen molar-refractivity contribution in [1.29, 1.82) is 0 Å². The summed E-state index contributed by atoms with van der Waals surface area (Å²) in [6.07, 6.45) is 2.90. The number of hydrogen-bond donors (Lipinski definition) is 1. The maximum Gasteiger partial charge on any atom is 0.340 e. The van der Waals surface area contributed by atoms with E-state index in [0.717, 1.165) is 5.04 Å². The molecule has 2 aliphatic rings. The van der Waals surface area contributed by atoms with Gasteiger partial charge in [0.15, 0.2) is 11.9 Å². The molecule has 19 heavy (non-hydrogen) atoms. The molecule has 1 N–H and O–H groups in total. The fourth-order valence-electron chi connectivity index (χ4n) is 1.37. The zero-order valence-electron chi connectivity index (χ0n) is 10.1. The molecule has 0 fully saturated rings. The average molecular weight is 281 g/mol. The Labute approximate surface area is 112 Å². The minimum Gasteiger partial charge on any atom is -0.336 e. The zero-order valence-corrected chi connectivity index (χ0v) is 10.9. The van der Waals surface area contributed by atoms with Crippen LogP contribution in [0.1, 0.15) is 0 Å². The number of nitrogens with zero attached hydrogens (tertiary/aromatic N) is 6. The van der Waals surface area contributed by atoms with Gasteiger partial charge in [-0.15, -0.1) is 16.7 Å². The number of carbonyl (C=O) groups is 1. The lowest BCUT2D eigenvalue weighted by Crippen LogP contribution is -2.35. The van der Waals surface area contributed by atoms with Crippen LogP contribution in [0.2, 0.25) is 0 Å². The average Bonchev–Trinajstić information content (AvgIpc) is 2.91. The molecule has 10 heteroatoms. The molecule has 0 aromatic heterocycles. The fourth-order valence-corrected chi connectivity index (χ4v) is 2.23. The Balaban J connectivity index is 1.75. The normalized spacial score (nSPS) is 19.5. The van der Waals surface area contributed by atoms with Crippen LogP contribution in [0.25, 0.3) is 0 Å². The number of thioether (sulfide) groups is 1. The van der Waals surface area contributed by atoms with E-state index in [4.69, 9.17) is 0 Å². The number of nitrogens with one attached hydrogen (secondary N) is 1. The largest absolute Gasteiger partial charge is 0.340 e. The highest BCUT2D eigenvalue weighted by Crippen LogP contribution is 2.17. The van der Waals surface area contributed by atoms with Gasteiger partial charge in [0.05, 0.1) is 5.29 Å². The lowest BCUT2D eigenvalue weighted by molar-refractivity contribution is 0.211. The Kier molecular flexibility index (Phi) is 4.34. The first kappa shape index (κ1) is 13.3. The first-order chi connectivity index (χ1) is 9.22. The molecule has 100 valence electrons. The van der Waals surface area contributed by atoms with Crippen LogP contribution in [-0.2, 0) is 0 Å². The number of amidine groups is 1. The Bertz CT molecular complexity index is 499. The summed E-state index contributed by atoms with van der Waals surface area (Å²) in [5.41, 5.74) is 0. The van der Waals surface area contributed by atoms with Crippen molar-refractivity contribution in [3.63, 3.8) is 0 Å². The molecule has 0 saturated heterocycles. The molecule has 0 aliphatic carbocycles. The molecule has 0 radical (unpaired) electrons. The Morgan fingerprint density at radius 1 is 1.53 bits per heavy atom. The highest BCUT2D eigenvalue weighted by Gasteiger charge is 2.26. The van der Waals surface area contributed by atoms with Crippen LogP contribution >= 0.6 is 11.8 Å². The highest BCUT2D eigenvalue weighted by atomic mass is 32.2. The van der Waals surface area contributed by atoms with E-state index in [0.29, 0.717) is 23.1 Å². The van der Waals surface area contributed by atoms with Crippen molar-refractivity contribution in [2.75, 3.05) is 19.3 Å². The Morgan fingerprint density at radius 2 is 2.37 bits per heavy atom. The van der Waals surface area contributed by atoms with Gasteiger partial charge < -0.3 is 5.32 Å². The Morgan fingerprint density at radius 3 is 3.16 bits per heavy atom. The number of urea groups is 1. The third-order valence-electron chi connectivity index (χ3n) is 2.30. The first-order valence-corrected chi connectivity index (χ1v) is 6.38. The van der Waals surface area contributed by atoms with Gasteiger partial charge in [-0.3, -0.25) is 4.99 Å². The van der Waals surface area contributed by atoms with E-state index in [2.05, 4.69) is 30.6 Å². The molecule has 1 unspecified atom stereocenters. The molecule has 0 aromatic carbocycles. The van der Waals surface area contributed by atoms with Crippen LogP contribution in [0.5, 0.6) is 0 Å². The quantitative estimate of drug-likeness (QED) is 0.454. The van der Waals surface area contributed by atoms with Crippen LogP contribution in [-0.4, -0.2) is 60.0 Å². The molecule has 2 aliphatic heterocycles. The summed E-state index contributed by atoms with van der Waals surface area (Å²) < 4.78 is 0. The van der Waals surface area contributed by atoms with Crippen LogP contribution in [0, 0.1) is 4.91 Å². The molecule has 1 atom stereocenters.